The molecule has 0 atom stereocenters. The van der Waals surface area contributed by atoms with Gasteiger partial charge in [0.25, 0.3) is 0 Å². The van der Waals surface area contributed by atoms with Crippen molar-refractivity contribution in [3.05, 3.63) is 53.1 Å². The predicted octanol–water partition coefficient (Wildman–Crippen LogP) is 2.76. The zero-order chi connectivity index (χ0) is 14.9. The highest BCUT2D eigenvalue weighted by atomic mass is 16.4. The van der Waals surface area contributed by atoms with Gasteiger partial charge in [-0.05, 0) is 36.2 Å². The van der Waals surface area contributed by atoms with Crippen LogP contribution in [0.25, 0.3) is 11.1 Å². The summed E-state index contributed by atoms with van der Waals surface area (Å²) in [6.45, 7) is 1.61. The number of rotatable bonds is 3. The van der Waals surface area contributed by atoms with Crippen LogP contribution in [0.5, 0.6) is 5.75 Å². The highest BCUT2D eigenvalue weighted by molar-refractivity contribution is 6.05. The zero-order valence-electron chi connectivity index (χ0n) is 10.6. The van der Waals surface area contributed by atoms with E-state index in [9.17, 15) is 24.9 Å². The van der Waals surface area contributed by atoms with Crippen LogP contribution in [-0.4, -0.2) is 27.3 Å². The summed E-state index contributed by atoms with van der Waals surface area (Å²) in [5.74, 6) is -2.36. The number of carboxylic acids is 2. The van der Waals surface area contributed by atoms with Crippen LogP contribution in [0.2, 0.25) is 0 Å². The number of carbonyl (C=O) groups is 2. The summed E-state index contributed by atoms with van der Waals surface area (Å²) in [5, 5.41) is 27.8. The molecule has 102 valence electrons. The summed E-state index contributed by atoms with van der Waals surface area (Å²) >= 11 is 0. The number of benzene rings is 2. The van der Waals surface area contributed by atoms with Gasteiger partial charge < -0.3 is 15.3 Å². The van der Waals surface area contributed by atoms with Gasteiger partial charge in [-0.3, -0.25) is 0 Å². The molecule has 0 saturated heterocycles. The first kappa shape index (κ1) is 13.6. The van der Waals surface area contributed by atoms with E-state index >= 15 is 0 Å². The Labute approximate surface area is 114 Å². The Morgan fingerprint density at radius 3 is 2.00 bits per heavy atom. The maximum atomic E-state index is 11.4. The lowest BCUT2D eigenvalue weighted by Gasteiger charge is -2.13. The van der Waals surface area contributed by atoms with Gasteiger partial charge in [0.05, 0.1) is 11.1 Å². The summed E-state index contributed by atoms with van der Waals surface area (Å²) in [4.78, 5) is 22.7. The minimum atomic E-state index is -1.20. The molecule has 0 aromatic heterocycles. The van der Waals surface area contributed by atoms with Crippen molar-refractivity contribution in [1.29, 1.82) is 0 Å². The van der Waals surface area contributed by atoms with Gasteiger partial charge >= 0.3 is 11.9 Å². The van der Waals surface area contributed by atoms with Crippen LogP contribution in [0.4, 0.5) is 0 Å². The molecule has 2 rings (SSSR count). The molecule has 2 aromatic carbocycles. The summed E-state index contributed by atoms with van der Waals surface area (Å²) in [7, 11) is 0. The van der Waals surface area contributed by atoms with Gasteiger partial charge in [-0.15, -0.1) is 0 Å². The molecule has 0 aliphatic heterocycles. The van der Waals surface area contributed by atoms with Crippen LogP contribution in [-0.2, 0) is 0 Å². The normalized spacial score (nSPS) is 10.2. The maximum Gasteiger partial charge on any atom is 0.336 e. The third kappa shape index (κ3) is 2.33. The number of hydrogen-bond acceptors (Lipinski definition) is 3. The van der Waals surface area contributed by atoms with Crippen molar-refractivity contribution in [2.75, 3.05) is 0 Å². The Bertz CT molecular complexity index is 686. The van der Waals surface area contributed by atoms with Crippen molar-refractivity contribution in [2.45, 2.75) is 6.92 Å². The molecular formula is C15H12O5. The van der Waals surface area contributed by atoms with Crippen molar-refractivity contribution in [3.8, 4) is 16.9 Å². The lowest BCUT2D eigenvalue weighted by atomic mass is 9.91. The zero-order valence-corrected chi connectivity index (χ0v) is 10.6. The second-order valence-electron chi connectivity index (χ2n) is 4.34. The second-order valence-corrected chi connectivity index (χ2v) is 4.34. The van der Waals surface area contributed by atoms with E-state index in [-0.39, 0.29) is 22.4 Å². The molecule has 0 spiro atoms. The first-order chi connectivity index (χ1) is 9.41. The Hall–Kier alpha value is -2.82. The highest BCUT2D eigenvalue weighted by Gasteiger charge is 2.21. The molecule has 3 N–H and O–H groups in total. The van der Waals surface area contributed by atoms with E-state index in [1.165, 1.54) is 36.4 Å². The second kappa shape index (κ2) is 5.05. The summed E-state index contributed by atoms with van der Waals surface area (Å²) in [6.07, 6.45) is 0. The van der Waals surface area contributed by atoms with E-state index in [1.54, 1.807) is 6.92 Å². The number of aromatic carboxylic acids is 2. The van der Waals surface area contributed by atoms with Gasteiger partial charge in [0.15, 0.2) is 0 Å². The maximum absolute atomic E-state index is 11.4. The van der Waals surface area contributed by atoms with Gasteiger partial charge in [-0.25, -0.2) is 9.59 Å². The van der Waals surface area contributed by atoms with Gasteiger partial charge in [0, 0.05) is 5.56 Å². The molecule has 0 bridgehead atoms. The fourth-order valence-corrected chi connectivity index (χ4v) is 2.09. The minimum Gasteiger partial charge on any atom is -0.508 e. The predicted molar refractivity (Wildman–Crippen MR) is 72.2 cm³/mol. The third-order valence-corrected chi connectivity index (χ3v) is 3.01. The molecule has 0 amide bonds. The largest absolute Gasteiger partial charge is 0.508 e. The Morgan fingerprint density at radius 1 is 0.900 bits per heavy atom. The summed E-state index contributed by atoms with van der Waals surface area (Å²) in [5.41, 5.74) is 0.922. The standard InChI is InChI=1S/C15H12O5/c1-8-2-7-11(14(17)18)13(12(8)15(19)20)9-3-5-10(16)6-4-9/h2-7,16H,1H3,(H,17,18)(H,19,20). The SMILES string of the molecule is Cc1ccc(C(=O)O)c(-c2ccc(O)cc2)c1C(=O)O. The van der Waals surface area contributed by atoms with Crippen LogP contribution in [0.1, 0.15) is 26.3 Å². The topological polar surface area (TPSA) is 94.8 Å². The molecular weight excluding hydrogens is 260 g/mol. The van der Waals surface area contributed by atoms with Crippen molar-refractivity contribution >= 4 is 11.9 Å². The van der Waals surface area contributed by atoms with E-state index < -0.39 is 11.9 Å². The molecule has 5 heteroatoms. The van der Waals surface area contributed by atoms with E-state index in [4.69, 9.17) is 0 Å². The number of phenols is 1. The number of carboxylic acid groups (broad SMARTS) is 2. The number of aromatic hydroxyl groups is 1. The fraction of sp³-hybridized carbons (Fsp3) is 0.0667. The highest BCUT2D eigenvalue weighted by Crippen LogP contribution is 2.31. The molecule has 0 aliphatic rings. The third-order valence-electron chi connectivity index (χ3n) is 3.01. The quantitative estimate of drug-likeness (QED) is 0.798. The Balaban J connectivity index is 2.83. The van der Waals surface area contributed by atoms with Gasteiger partial charge in [-0.2, -0.15) is 0 Å². The van der Waals surface area contributed by atoms with E-state index in [1.807, 2.05) is 0 Å². The van der Waals surface area contributed by atoms with Crippen LogP contribution in [0.3, 0.4) is 0 Å². The number of phenolic OH excluding ortho intramolecular Hbond substituents is 1. The lowest BCUT2D eigenvalue weighted by molar-refractivity contribution is 0.0695. The van der Waals surface area contributed by atoms with E-state index in [0.717, 1.165) is 0 Å². The van der Waals surface area contributed by atoms with Crippen molar-refractivity contribution < 1.29 is 24.9 Å². The molecule has 0 radical (unpaired) electrons. The Kier molecular flexibility index (Phi) is 3.43. The molecule has 0 fully saturated rings. The van der Waals surface area contributed by atoms with Crippen LogP contribution in [0, 0.1) is 6.92 Å². The van der Waals surface area contributed by atoms with Crippen LogP contribution >= 0.6 is 0 Å². The van der Waals surface area contributed by atoms with Crippen LogP contribution < -0.4 is 0 Å². The average molecular weight is 272 g/mol. The Morgan fingerprint density at radius 2 is 1.50 bits per heavy atom. The summed E-state index contributed by atoms with van der Waals surface area (Å²) in [6, 6.07) is 8.60. The molecule has 0 heterocycles. The first-order valence-electron chi connectivity index (χ1n) is 5.81. The van der Waals surface area contributed by atoms with Crippen molar-refractivity contribution in [1.82, 2.24) is 0 Å². The monoisotopic (exact) mass is 272 g/mol. The van der Waals surface area contributed by atoms with Gasteiger partial charge in [-0.1, -0.05) is 18.2 Å². The van der Waals surface area contributed by atoms with Gasteiger partial charge in [0.2, 0.25) is 0 Å². The molecule has 0 saturated carbocycles. The lowest BCUT2D eigenvalue weighted by Crippen LogP contribution is -2.09. The van der Waals surface area contributed by atoms with E-state index in [0.29, 0.717) is 11.1 Å². The van der Waals surface area contributed by atoms with Crippen molar-refractivity contribution in [3.63, 3.8) is 0 Å². The molecule has 0 unspecified atom stereocenters. The number of aryl methyl sites for hydroxylation is 1. The molecule has 5 nitrogen and oxygen atoms in total. The molecule has 2 aromatic rings. The number of hydrogen-bond donors (Lipinski definition) is 3. The first-order valence-corrected chi connectivity index (χ1v) is 5.81. The molecule has 20 heavy (non-hydrogen) atoms. The average Bonchev–Trinajstić information content (AvgIpc) is 2.38. The summed E-state index contributed by atoms with van der Waals surface area (Å²) < 4.78 is 0. The smallest absolute Gasteiger partial charge is 0.336 e. The van der Waals surface area contributed by atoms with E-state index in [2.05, 4.69) is 0 Å². The van der Waals surface area contributed by atoms with Crippen molar-refractivity contribution in [2.24, 2.45) is 0 Å². The fourth-order valence-electron chi connectivity index (χ4n) is 2.09. The minimum absolute atomic E-state index is 0.0233. The molecule has 0 aliphatic carbocycles. The van der Waals surface area contributed by atoms with Crippen LogP contribution in [0.15, 0.2) is 36.4 Å². The van der Waals surface area contributed by atoms with Gasteiger partial charge in [0.1, 0.15) is 5.75 Å².